The molecule has 0 bridgehead atoms. The smallest absolute Gasteiger partial charge is 0.228 e. The quantitative estimate of drug-likeness (QED) is 0.114. The largest absolute Gasteiger partial charge is 0.393 e. The average Bonchev–Trinajstić information content (AvgIpc) is 1.61. The molecule has 482 valence electrons. The van der Waals surface area contributed by atoms with E-state index < -0.39 is 159 Å². The molecule has 11 rings (SSSR count). The van der Waals surface area contributed by atoms with Crippen LogP contribution in [0.1, 0.15) is 152 Å². The minimum absolute atomic E-state index is 0.0586. The van der Waals surface area contributed by atoms with E-state index in [0.29, 0.717) is 49.9 Å². The molecule has 10 fully saturated rings. The number of allylic oxidation sites excluding steroid dienone is 1. The molecule has 4 N–H and O–H groups in total. The first-order valence-electron chi connectivity index (χ1n) is 31.8. The molecule has 0 unspecified atom stereocenters. The molecule has 0 aromatic rings. The van der Waals surface area contributed by atoms with Crippen LogP contribution in [-0.4, -0.2) is 220 Å². The van der Waals surface area contributed by atoms with Crippen LogP contribution in [0.3, 0.4) is 0 Å². The van der Waals surface area contributed by atoms with E-state index in [0.717, 1.165) is 44.9 Å². The highest BCUT2D eigenvalue weighted by Crippen LogP contribution is 2.68. The minimum Gasteiger partial charge on any atom is -0.393 e. The van der Waals surface area contributed by atoms with Crippen molar-refractivity contribution in [1.29, 1.82) is 0 Å². The molecule has 3 saturated carbocycles. The fourth-order valence-corrected chi connectivity index (χ4v) is 17.6. The van der Waals surface area contributed by atoms with E-state index in [2.05, 4.69) is 19.9 Å². The fraction of sp³-hybridized carbons (Fsp3) is 0.968. The van der Waals surface area contributed by atoms with Gasteiger partial charge in [0.2, 0.25) is 5.79 Å². The fourth-order valence-electron chi connectivity index (χ4n) is 17.6. The molecular formula is C62H102O22. The van der Waals surface area contributed by atoms with Gasteiger partial charge in [-0.3, -0.25) is 0 Å². The Morgan fingerprint density at radius 1 is 0.583 bits per heavy atom. The van der Waals surface area contributed by atoms with E-state index in [1.165, 1.54) is 5.57 Å². The van der Waals surface area contributed by atoms with Gasteiger partial charge in [-0.25, -0.2) is 4.89 Å². The summed E-state index contributed by atoms with van der Waals surface area (Å²) in [6.07, 6.45) is -2.54. The van der Waals surface area contributed by atoms with Gasteiger partial charge in [-0.15, -0.1) is 0 Å². The zero-order valence-electron chi connectivity index (χ0n) is 52.0. The molecule has 84 heavy (non-hydrogen) atoms. The van der Waals surface area contributed by atoms with E-state index >= 15 is 0 Å². The van der Waals surface area contributed by atoms with Crippen LogP contribution < -0.4 is 0 Å². The van der Waals surface area contributed by atoms with Crippen molar-refractivity contribution in [2.24, 2.45) is 28.6 Å². The van der Waals surface area contributed by atoms with Crippen molar-refractivity contribution in [3.63, 3.8) is 0 Å². The van der Waals surface area contributed by atoms with E-state index in [-0.39, 0.29) is 36.4 Å². The van der Waals surface area contributed by atoms with E-state index in [1.807, 2.05) is 41.5 Å². The van der Waals surface area contributed by atoms with E-state index in [1.54, 1.807) is 35.4 Å². The van der Waals surface area contributed by atoms with Crippen LogP contribution in [0, 0.1) is 28.6 Å². The van der Waals surface area contributed by atoms with Crippen molar-refractivity contribution in [3.8, 4) is 0 Å². The second-order valence-corrected chi connectivity index (χ2v) is 27.4. The van der Waals surface area contributed by atoms with Crippen molar-refractivity contribution in [2.45, 2.75) is 317 Å². The van der Waals surface area contributed by atoms with Gasteiger partial charge in [0.15, 0.2) is 31.5 Å². The summed E-state index contributed by atoms with van der Waals surface area (Å²) in [5, 5.41) is 45.4. The number of methoxy groups -OCH3 is 4. The van der Waals surface area contributed by atoms with Gasteiger partial charge < -0.3 is 96.2 Å². The number of aliphatic hydroxyl groups excluding tert-OH is 3. The van der Waals surface area contributed by atoms with E-state index in [4.69, 9.17) is 85.6 Å². The molecule has 11 aliphatic rings. The maximum atomic E-state index is 12.8. The van der Waals surface area contributed by atoms with Gasteiger partial charge >= 0.3 is 0 Å². The molecule has 7 aliphatic heterocycles. The van der Waals surface area contributed by atoms with Crippen molar-refractivity contribution in [2.75, 3.05) is 35.0 Å². The van der Waals surface area contributed by atoms with Crippen LogP contribution in [0.25, 0.3) is 0 Å². The summed E-state index contributed by atoms with van der Waals surface area (Å²) < 4.78 is 101. The summed E-state index contributed by atoms with van der Waals surface area (Å²) in [6.45, 7) is 18.0. The highest BCUT2D eigenvalue weighted by atomic mass is 17.2. The first kappa shape index (κ1) is 64.4. The maximum Gasteiger partial charge on any atom is 0.228 e. The molecule has 7 heterocycles. The molecule has 32 atom stereocenters. The SMILES string of the molecule is CO[C@H]1C[C@H](O[C@@H]2[C@@H](C)O[C@@]3(CO[C@@H]4C[C@H](O[C@@H](C)[C@@]5(O)CC[C@H]6[C@@H]7CC=C8C[C@@H](O)CC[C@]8(C)[C@H]7CC[C@@]65C)O[C@H](C)[C@H]4OO3)C[C@H]2OC)O[C@H](C)[C@H]1O[C@H]1C[C@@H](O)[C@H](O[C@H]2C[C@H](OC)[C@H](O[C@H]3C[C@@H](OC)[C@H](O)[C@@H](C)O3)[C@@H](C)O2)[C@@H](C)O1. The van der Waals surface area contributed by atoms with Gasteiger partial charge in [0, 0.05) is 72.4 Å². The lowest BCUT2D eigenvalue weighted by molar-refractivity contribution is -0.472. The third-order valence-corrected chi connectivity index (χ3v) is 22.5. The third kappa shape index (κ3) is 12.3. The van der Waals surface area contributed by atoms with Crippen molar-refractivity contribution < 1.29 is 106 Å². The average molecular weight is 1200 g/mol. The number of fused-ring (bicyclic) bond motifs is 6. The van der Waals surface area contributed by atoms with Crippen molar-refractivity contribution >= 4 is 0 Å². The Kier molecular flexibility index (Phi) is 19.8. The standard InChI is InChI=1S/C62H102O22/c1-30-53(65)43(67-10)24-50(72-30)80-56-33(4)74-51(25-44(56)68-11)78-54-31(2)73-48(23-42(54)64)79-55-32(3)75-52(26-45(55)69-12)81-57-35(6)82-61(28-47(57)70-13)29-71-46-27-49(76-34(5)58(46)83-84-61)77-36(7)62(66)21-18-41-39-15-14-37-22-38(63)16-19-59(37,8)40(39)17-20-60(41,62)9/h14,30-36,38-58,63-66H,15-29H2,1-13H3/t30-,31-,32-,33-,34-,35-,36+,38+,39-,40+,41+,42-,43-,44+,45+,46-,47-,48+,49+,50+,51+,52+,53-,54-,55-,56-,57-,58-,59+,60+,61+,62+/m1/s1. The van der Waals surface area contributed by atoms with Crippen LogP contribution in [0.4, 0.5) is 0 Å². The molecule has 0 amide bonds. The van der Waals surface area contributed by atoms with Crippen LogP contribution in [0.15, 0.2) is 11.6 Å². The van der Waals surface area contributed by atoms with Crippen molar-refractivity contribution in [3.05, 3.63) is 11.6 Å². The van der Waals surface area contributed by atoms with E-state index in [9.17, 15) is 20.4 Å². The van der Waals surface area contributed by atoms with Crippen LogP contribution in [-0.2, 0) is 85.6 Å². The lowest BCUT2D eigenvalue weighted by Gasteiger charge is -2.59. The Morgan fingerprint density at radius 2 is 1.13 bits per heavy atom. The molecule has 22 nitrogen and oxygen atoms in total. The summed E-state index contributed by atoms with van der Waals surface area (Å²) in [5.74, 6) is 0.141. The topological polar surface area (TPSA) is 247 Å². The first-order chi connectivity index (χ1) is 40.0. The summed E-state index contributed by atoms with van der Waals surface area (Å²) in [7, 11) is 6.43. The predicted molar refractivity (Wildman–Crippen MR) is 296 cm³/mol. The molecule has 0 aromatic heterocycles. The van der Waals surface area contributed by atoms with Gasteiger partial charge in [-0.2, -0.15) is 4.89 Å². The molecule has 22 heteroatoms. The molecule has 0 aromatic carbocycles. The zero-order chi connectivity index (χ0) is 59.8. The van der Waals surface area contributed by atoms with Gasteiger partial charge in [0.05, 0.1) is 91.1 Å². The number of hydrogen-bond donors (Lipinski definition) is 4. The van der Waals surface area contributed by atoms with Gasteiger partial charge in [-0.1, -0.05) is 25.5 Å². The van der Waals surface area contributed by atoms with Crippen molar-refractivity contribution in [1.82, 2.24) is 0 Å². The summed E-state index contributed by atoms with van der Waals surface area (Å²) >= 11 is 0. The Balaban J connectivity index is 0.645. The second-order valence-electron chi connectivity index (χ2n) is 27.4. The number of hydrogen-bond acceptors (Lipinski definition) is 22. The normalized spacial score (nSPS) is 53.9. The summed E-state index contributed by atoms with van der Waals surface area (Å²) in [5.41, 5.74) is 0.250. The Hall–Kier alpha value is -1.14. The summed E-state index contributed by atoms with van der Waals surface area (Å²) in [4.78, 5) is 12.4. The molecule has 1 spiro atoms. The highest BCUT2D eigenvalue weighted by molar-refractivity contribution is 5.26. The monoisotopic (exact) mass is 1200 g/mol. The second kappa shape index (κ2) is 25.9. The Morgan fingerprint density at radius 3 is 1.75 bits per heavy atom. The minimum atomic E-state index is -1.32. The van der Waals surface area contributed by atoms with Gasteiger partial charge in [0.1, 0.15) is 43.2 Å². The molecular weight excluding hydrogens is 1100 g/mol. The van der Waals surface area contributed by atoms with Crippen LogP contribution in [0.2, 0.25) is 0 Å². The number of rotatable bonds is 15. The van der Waals surface area contributed by atoms with Gasteiger partial charge in [0.25, 0.3) is 0 Å². The summed E-state index contributed by atoms with van der Waals surface area (Å²) in [6, 6.07) is 0. The Labute approximate surface area is 496 Å². The maximum absolute atomic E-state index is 12.8. The molecule has 7 saturated heterocycles. The highest BCUT2D eigenvalue weighted by Gasteiger charge is 2.66. The predicted octanol–water partition coefficient (Wildman–Crippen LogP) is 5.66. The molecule has 4 aliphatic carbocycles. The first-order valence-corrected chi connectivity index (χ1v) is 31.8. The number of aliphatic hydroxyl groups is 4. The third-order valence-electron chi connectivity index (χ3n) is 22.5. The lowest BCUT2D eigenvalue weighted by Crippen LogP contribution is -2.60. The zero-order valence-corrected chi connectivity index (χ0v) is 52.0. The lowest BCUT2D eigenvalue weighted by atomic mass is 9.46. The van der Waals surface area contributed by atoms with Gasteiger partial charge in [-0.05, 0) is 123 Å². The number of ether oxygens (including phenoxy) is 16. The van der Waals surface area contributed by atoms with Crippen LogP contribution in [0.5, 0.6) is 0 Å². The molecule has 0 radical (unpaired) electrons. The Bertz CT molecular complexity index is 2200. The van der Waals surface area contributed by atoms with Crippen LogP contribution >= 0.6 is 0 Å².